The molecule has 0 bridgehead atoms. The molecule has 2 aromatic rings. The van der Waals surface area contributed by atoms with Crippen molar-refractivity contribution in [1.82, 2.24) is 10.2 Å². The maximum absolute atomic E-state index is 14.8. The lowest BCUT2D eigenvalue weighted by atomic mass is 10.1. The third-order valence-electron chi connectivity index (χ3n) is 4.19. The van der Waals surface area contributed by atoms with Gasteiger partial charge in [0.05, 0.1) is 19.8 Å². The van der Waals surface area contributed by atoms with Gasteiger partial charge in [0.2, 0.25) is 0 Å². The molecule has 0 aliphatic rings. The lowest BCUT2D eigenvalue weighted by Gasteiger charge is -2.19. The molecular weight excluding hydrogens is 382 g/mol. The molecule has 8 heteroatoms. The normalized spacial score (nSPS) is 11.3. The van der Waals surface area contributed by atoms with Crippen LogP contribution in [0.1, 0.15) is 11.1 Å². The van der Waals surface area contributed by atoms with E-state index in [2.05, 4.69) is 5.32 Å². The first-order valence-corrected chi connectivity index (χ1v) is 9.03. The summed E-state index contributed by atoms with van der Waals surface area (Å²) in [5.41, 5.74) is 0.0896. The zero-order valence-corrected chi connectivity index (χ0v) is 17.0. The van der Waals surface area contributed by atoms with E-state index in [-0.39, 0.29) is 18.0 Å². The Bertz CT molecular complexity index is 828. The highest BCUT2D eigenvalue weighted by Gasteiger charge is 2.43. The third-order valence-corrected chi connectivity index (χ3v) is 4.19. The summed E-state index contributed by atoms with van der Waals surface area (Å²) in [7, 11) is 6.50. The Morgan fingerprint density at radius 3 is 2.48 bits per heavy atom. The number of carbonyl (C=O) groups is 1. The minimum Gasteiger partial charge on any atom is -0.497 e. The maximum Gasteiger partial charge on any atom is 0.353 e. The van der Waals surface area contributed by atoms with E-state index in [1.54, 1.807) is 24.3 Å². The third kappa shape index (κ3) is 6.05. The van der Waals surface area contributed by atoms with Crippen molar-refractivity contribution >= 4 is 5.91 Å². The van der Waals surface area contributed by atoms with Gasteiger partial charge in [0, 0.05) is 13.1 Å². The van der Waals surface area contributed by atoms with Crippen molar-refractivity contribution in [3.05, 3.63) is 53.6 Å². The van der Waals surface area contributed by atoms with Gasteiger partial charge in [-0.1, -0.05) is 12.1 Å². The van der Waals surface area contributed by atoms with Crippen LogP contribution in [-0.4, -0.2) is 52.3 Å². The van der Waals surface area contributed by atoms with Crippen LogP contribution in [0.2, 0.25) is 0 Å². The van der Waals surface area contributed by atoms with E-state index in [1.165, 1.54) is 26.4 Å². The Balaban J connectivity index is 2.06. The molecule has 0 unspecified atom stereocenters. The first-order chi connectivity index (χ1) is 13.8. The van der Waals surface area contributed by atoms with Gasteiger partial charge >= 0.3 is 5.92 Å². The van der Waals surface area contributed by atoms with E-state index >= 15 is 0 Å². The van der Waals surface area contributed by atoms with Gasteiger partial charge in [-0.3, -0.25) is 4.79 Å². The van der Waals surface area contributed by atoms with E-state index in [0.29, 0.717) is 17.9 Å². The number of likely N-dealkylation sites (N-methyl/N-ethyl adjacent to an activating group) is 1. The number of alkyl halides is 2. The van der Waals surface area contributed by atoms with Gasteiger partial charge in [0.15, 0.2) is 0 Å². The maximum atomic E-state index is 14.8. The number of ether oxygens (including phenoxy) is 3. The summed E-state index contributed by atoms with van der Waals surface area (Å²) in [5, 5.41) is 2.28. The van der Waals surface area contributed by atoms with Crippen molar-refractivity contribution < 1.29 is 27.8 Å². The average Bonchev–Trinajstić information content (AvgIpc) is 2.71. The van der Waals surface area contributed by atoms with E-state index < -0.39 is 17.4 Å². The standard InChI is InChI=1S/C21H26F2N2O4/c1-25(2)10-11-29-17-7-5-6-15(12-17)14-24-20(26)21(22,23)18-13-16(27-3)8-9-19(18)28-4/h5-9,12-13H,10-11,14H2,1-4H3,(H,24,26). The molecule has 0 atom stereocenters. The van der Waals surface area contributed by atoms with Gasteiger partial charge in [-0.25, -0.2) is 0 Å². The van der Waals surface area contributed by atoms with Crippen molar-refractivity contribution in [2.75, 3.05) is 41.5 Å². The molecule has 0 heterocycles. The van der Waals surface area contributed by atoms with Crippen LogP contribution in [0.4, 0.5) is 8.78 Å². The Morgan fingerprint density at radius 1 is 1.07 bits per heavy atom. The van der Waals surface area contributed by atoms with Crippen LogP contribution in [0.3, 0.4) is 0 Å². The number of benzene rings is 2. The van der Waals surface area contributed by atoms with Crippen LogP contribution in [0.5, 0.6) is 17.2 Å². The lowest BCUT2D eigenvalue weighted by Crippen LogP contribution is -2.38. The summed E-state index contributed by atoms with van der Waals surface area (Å²) in [6.07, 6.45) is 0. The molecule has 29 heavy (non-hydrogen) atoms. The van der Waals surface area contributed by atoms with Crippen LogP contribution in [0.15, 0.2) is 42.5 Å². The summed E-state index contributed by atoms with van der Waals surface area (Å²) >= 11 is 0. The molecule has 1 amide bonds. The molecule has 0 aromatic heterocycles. The number of hydrogen-bond donors (Lipinski definition) is 1. The SMILES string of the molecule is COc1ccc(OC)c(C(F)(F)C(=O)NCc2cccc(OCCN(C)C)c2)c1. The summed E-state index contributed by atoms with van der Waals surface area (Å²) in [6.45, 7) is 1.18. The number of nitrogens with one attached hydrogen (secondary N) is 1. The number of carbonyl (C=O) groups excluding carboxylic acids is 1. The predicted molar refractivity (Wildman–Crippen MR) is 106 cm³/mol. The quantitative estimate of drug-likeness (QED) is 0.655. The molecule has 2 aromatic carbocycles. The Kier molecular flexibility index (Phi) is 7.78. The molecule has 0 aliphatic heterocycles. The first kappa shape index (κ1) is 22.4. The number of nitrogens with zero attached hydrogens (tertiary/aromatic N) is 1. The monoisotopic (exact) mass is 408 g/mol. The topological polar surface area (TPSA) is 60.0 Å². The molecule has 0 aliphatic carbocycles. The van der Waals surface area contributed by atoms with Gasteiger partial charge in [-0.15, -0.1) is 0 Å². The van der Waals surface area contributed by atoms with Crippen LogP contribution in [0, 0.1) is 0 Å². The van der Waals surface area contributed by atoms with E-state index in [9.17, 15) is 13.6 Å². The molecule has 1 N–H and O–H groups in total. The van der Waals surface area contributed by atoms with Crippen molar-refractivity contribution in [2.24, 2.45) is 0 Å². The summed E-state index contributed by atoms with van der Waals surface area (Å²) in [5.74, 6) is -4.50. The molecular formula is C21H26F2N2O4. The van der Waals surface area contributed by atoms with Gasteiger partial charge in [-0.2, -0.15) is 8.78 Å². The number of rotatable bonds is 10. The van der Waals surface area contributed by atoms with E-state index in [1.807, 2.05) is 19.0 Å². The van der Waals surface area contributed by atoms with Crippen LogP contribution in [-0.2, 0) is 17.3 Å². The fourth-order valence-electron chi connectivity index (χ4n) is 2.57. The van der Waals surface area contributed by atoms with Crippen molar-refractivity contribution in [2.45, 2.75) is 12.5 Å². The molecule has 6 nitrogen and oxygen atoms in total. The second-order valence-corrected chi connectivity index (χ2v) is 6.62. The summed E-state index contributed by atoms with van der Waals surface area (Å²) in [4.78, 5) is 14.2. The van der Waals surface area contributed by atoms with E-state index in [0.717, 1.165) is 12.6 Å². The number of amides is 1. The van der Waals surface area contributed by atoms with Crippen molar-refractivity contribution in [3.8, 4) is 17.2 Å². The molecule has 0 spiro atoms. The highest BCUT2D eigenvalue weighted by molar-refractivity contribution is 5.85. The molecule has 0 fully saturated rings. The lowest BCUT2D eigenvalue weighted by molar-refractivity contribution is -0.147. The Morgan fingerprint density at radius 2 is 1.83 bits per heavy atom. The molecule has 0 saturated heterocycles. The zero-order valence-electron chi connectivity index (χ0n) is 17.0. The van der Waals surface area contributed by atoms with Crippen LogP contribution >= 0.6 is 0 Å². The van der Waals surface area contributed by atoms with Gasteiger partial charge in [-0.05, 0) is 50.0 Å². The highest BCUT2D eigenvalue weighted by atomic mass is 19.3. The van der Waals surface area contributed by atoms with Crippen LogP contribution < -0.4 is 19.5 Å². The number of hydrogen-bond acceptors (Lipinski definition) is 5. The fraction of sp³-hybridized carbons (Fsp3) is 0.381. The average molecular weight is 408 g/mol. The Labute approximate surface area is 169 Å². The molecule has 0 saturated carbocycles. The number of methoxy groups -OCH3 is 2. The molecule has 158 valence electrons. The summed E-state index contributed by atoms with van der Waals surface area (Å²) in [6, 6.07) is 10.9. The first-order valence-electron chi connectivity index (χ1n) is 9.03. The second kappa shape index (κ2) is 10.1. The minimum absolute atomic E-state index is 0.0639. The fourth-order valence-corrected chi connectivity index (χ4v) is 2.57. The Hall–Kier alpha value is -2.87. The van der Waals surface area contributed by atoms with Gasteiger partial charge in [0.25, 0.3) is 5.91 Å². The zero-order chi connectivity index (χ0) is 21.4. The number of halogens is 2. The van der Waals surface area contributed by atoms with Crippen molar-refractivity contribution in [3.63, 3.8) is 0 Å². The van der Waals surface area contributed by atoms with Gasteiger partial charge in [0.1, 0.15) is 23.9 Å². The molecule has 0 radical (unpaired) electrons. The smallest absolute Gasteiger partial charge is 0.353 e. The highest BCUT2D eigenvalue weighted by Crippen LogP contribution is 2.37. The van der Waals surface area contributed by atoms with E-state index in [4.69, 9.17) is 14.2 Å². The minimum atomic E-state index is -3.79. The summed E-state index contributed by atoms with van der Waals surface area (Å²) < 4.78 is 45.1. The largest absolute Gasteiger partial charge is 0.497 e. The predicted octanol–water partition coefficient (Wildman–Crippen LogP) is 3.05. The van der Waals surface area contributed by atoms with Crippen LogP contribution in [0.25, 0.3) is 0 Å². The van der Waals surface area contributed by atoms with Gasteiger partial charge < -0.3 is 24.4 Å². The molecule has 2 rings (SSSR count). The second-order valence-electron chi connectivity index (χ2n) is 6.62. The van der Waals surface area contributed by atoms with Crippen molar-refractivity contribution in [1.29, 1.82) is 0 Å².